The van der Waals surface area contributed by atoms with Gasteiger partial charge in [0.25, 0.3) is 0 Å². The van der Waals surface area contributed by atoms with E-state index in [-0.39, 0.29) is 0 Å². The fourth-order valence-electron chi connectivity index (χ4n) is 1.39. The van der Waals surface area contributed by atoms with Crippen LogP contribution in [0.2, 0.25) is 5.02 Å². The first kappa shape index (κ1) is 15.2. The van der Waals surface area contributed by atoms with Crippen molar-refractivity contribution in [2.24, 2.45) is 0 Å². The second kappa shape index (κ2) is 9.14. The van der Waals surface area contributed by atoms with E-state index in [9.17, 15) is 0 Å². The maximum absolute atomic E-state index is 6.01. The third-order valence-corrected chi connectivity index (χ3v) is 2.70. The van der Waals surface area contributed by atoms with Gasteiger partial charge in [-0.05, 0) is 19.5 Å². The van der Waals surface area contributed by atoms with Crippen molar-refractivity contribution in [1.29, 1.82) is 0 Å². The Morgan fingerprint density at radius 3 is 2.83 bits per heavy atom. The lowest BCUT2D eigenvalue weighted by Crippen LogP contribution is -2.11. The van der Waals surface area contributed by atoms with Crippen molar-refractivity contribution in [3.63, 3.8) is 0 Å². The van der Waals surface area contributed by atoms with Crippen LogP contribution in [0.25, 0.3) is 0 Å². The van der Waals surface area contributed by atoms with Crippen LogP contribution in [-0.2, 0) is 11.3 Å². The molecule has 18 heavy (non-hydrogen) atoms. The summed E-state index contributed by atoms with van der Waals surface area (Å²) >= 11 is 6.01. The summed E-state index contributed by atoms with van der Waals surface area (Å²) in [6.07, 6.45) is 2.23. The van der Waals surface area contributed by atoms with E-state index in [4.69, 9.17) is 21.1 Å². The van der Waals surface area contributed by atoms with E-state index in [1.54, 1.807) is 12.1 Å². The van der Waals surface area contributed by atoms with Gasteiger partial charge in [-0.2, -0.15) is 0 Å². The smallest absolute Gasteiger partial charge is 0.213 e. The predicted molar refractivity (Wildman–Crippen MR) is 73.2 cm³/mol. The van der Waals surface area contributed by atoms with Gasteiger partial charge in [-0.25, -0.2) is 4.98 Å². The van der Waals surface area contributed by atoms with Crippen molar-refractivity contribution in [3.05, 3.63) is 22.8 Å². The van der Waals surface area contributed by atoms with Crippen molar-refractivity contribution in [3.8, 4) is 5.88 Å². The summed E-state index contributed by atoms with van der Waals surface area (Å²) in [7, 11) is 1.85. The van der Waals surface area contributed by atoms with E-state index in [1.807, 2.05) is 7.05 Å². The molecule has 0 atom stereocenters. The molecule has 0 saturated carbocycles. The Hall–Kier alpha value is -0.840. The lowest BCUT2D eigenvalue weighted by atomic mass is 10.3. The molecule has 0 radical (unpaired) electrons. The molecule has 0 aliphatic heterocycles. The maximum atomic E-state index is 6.01. The number of halogens is 1. The lowest BCUT2D eigenvalue weighted by molar-refractivity contribution is 0.0964. The van der Waals surface area contributed by atoms with Crippen molar-refractivity contribution in [2.75, 3.05) is 26.9 Å². The molecule has 1 N–H and O–H groups in total. The van der Waals surface area contributed by atoms with E-state index in [1.165, 1.54) is 0 Å². The molecule has 1 rings (SSSR count). The summed E-state index contributed by atoms with van der Waals surface area (Å²) in [4.78, 5) is 4.32. The molecule has 4 nitrogen and oxygen atoms in total. The fourth-order valence-corrected chi connectivity index (χ4v) is 1.56. The zero-order valence-corrected chi connectivity index (χ0v) is 11.8. The second-order valence-corrected chi connectivity index (χ2v) is 4.33. The number of hydrogen-bond acceptors (Lipinski definition) is 4. The minimum Gasteiger partial charge on any atom is -0.475 e. The summed E-state index contributed by atoms with van der Waals surface area (Å²) in [5.74, 6) is 0.587. The minimum absolute atomic E-state index is 0.511. The van der Waals surface area contributed by atoms with Gasteiger partial charge in [-0.3, -0.25) is 0 Å². The van der Waals surface area contributed by atoms with Gasteiger partial charge in [0, 0.05) is 19.2 Å². The van der Waals surface area contributed by atoms with Gasteiger partial charge in [-0.1, -0.05) is 24.9 Å². The van der Waals surface area contributed by atoms with Crippen LogP contribution in [0.15, 0.2) is 12.1 Å². The average molecular weight is 273 g/mol. The van der Waals surface area contributed by atoms with Gasteiger partial charge < -0.3 is 14.8 Å². The van der Waals surface area contributed by atoms with E-state index in [0.29, 0.717) is 30.7 Å². The first-order valence-electron chi connectivity index (χ1n) is 6.28. The summed E-state index contributed by atoms with van der Waals surface area (Å²) in [5.41, 5.74) is 0.795. The van der Waals surface area contributed by atoms with Crippen molar-refractivity contribution in [2.45, 2.75) is 26.3 Å². The number of aromatic nitrogens is 1. The fraction of sp³-hybridized carbons (Fsp3) is 0.615. The number of nitrogens with zero attached hydrogens (tertiary/aromatic N) is 1. The van der Waals surface area contributed by atoms with Crippen molar-refractivity contribution < 1.29 is 9.47 Å². The van der Waals surface area contributed by atoms with E-state index in [0.717, 1.165) is 25.1 Å². The Morgan fingerprint density at radius 2 is 2.11 bits per heavy atom. The largest absolute Gasteiger partial charge is 0.475 e. The average Bonchev–Trinajstić information content (AvgIpc) is 2.37. The highest BCUT2D eigenvalue weighted by molar-refractivity contribution is 6.31. The van der Waals surface area contributed by atoms with Gasteiger partial charge in [0.05, 0.1) is 17.3 Å². The monoisotopic (exact) mass is 272 g/mol. The summed E-state index contributed by atoms with van der Waals surface area (Å²) in [6, 6.07) is 3.57. The number of pyridine rings is 1. The highest BCUT2D eigenvalue weighted by Crippen LogP contribution is 2.17. The lowest BCUT2D eigenvalue weighted by Gasteiger charge is -2.08. The van der Waals surface area contributed by atoms with Crippen LogP contribution in [0.1, 0.15) is 25.5 Å². The molecule has 0 aromatic carbocycles. The molecule has 0 unspecified atom stereocenters. The Balaban J connectivity index is 2.31. The number of rotatable bonds is 9. The predicted octanol–water partition coefficient (Wildman–Crippen LogP) is 2.65. The molecule has 0 saturated heterocycles. The number of nitrogens with one attached hydrogen (secondary N) is 1. The molecule has 1 heterocycles. The van der Waals surface area contributed by atoms with E-state index in [2.05, 4.69) is 17.2 Å². The Labute approximate surface area is 114 Å². The number of hydrogen-bond donors (Lipinski definition) is 1. The molecule has 0 amide bonds. The van der Waals surface area contributed by atoms with Crippen LogP contribution >= 0.6 is 11.6 Å². The number of unbranched alkanes of at least 4 members (excludes halogenated alkanes) is 1. The highest BCUT2D eigenvalue weighted by atomic mass is 35.5. The standard InChI is InChI=1S/C13H21ClN2O2/c1-3-4-7-17-8-9-18-13-6-5-11(14)12(16-13)10-15-2/h5-6,15H,3-4,7-10H2,1-2H3. The minimum atomic E-state index is 0.511. The molecule has 102 valence electrons. The van der Waals surface area contributed by atoms with Gasteiger partial charge >= 0.3 is 0 Å². The first-order valence-corrected chi connectivity index (χ1v) is 6.66. The third kappa shape index (κ3) is 5.67. The zero-order valence-electron chi connectivity index (χ0n) is 11.0. The topological polar surface area (TPSA) is 43.4 Å². The molecule has 0 spiro atoms. The van der Waals surface area contributed by atoms with Gasteiger partial charge in [0.15, 0.2) is 0 Å². The van der Waals surface area contributed by atoms with E-state index >= 15 is 0 Å². The molecule has 5 heteroatoms. The molecule has 1 aromatic heterocycles. The summed E-state index contributed by atoms with van der Waals surface area (Å²) < 4.78 is 10.9. The van der Waals surface area contributed by atoms with Crippen LogP contribution in [0.5, 0.6) is 5.88 Å². The Morgan fingerprint density at radius 1 is 1.28 bits per heavy atom. The Kier molecular flexibility index (Phi) is 7.73. The van der Waals surface area contributed by atoms with Crippen molar-refractivity contribution >= 4 is 11.6 Å². The first-order chi connectivity index (χ1) is 8.77. The molecular weight excluding hydrogens is 252 g/mol. The second-order valence-electron chi connectivity index (χ2n) is 3.92. The van der Waals surface area contributed by atoms with E-state index < -0.39 is 0 Å². The highest BCUT2D eigenvalue weighted by Gasteiger charge is 2.03. The van der Waals surface area contributed by atoms with Crippen LogP contribution in [0.3, 0.4) is 0 Å². The SMILES string of the molecule is CCCCOCCOc1ccc(Cl)c(CNC)n1. The zero-order chi connectivity index (χ0) is 13.2. The summed E-state index contributed by atoms with van der Waals surface area (Å²) in [5, 5.41) is 3.66. The van der Waals surface area contributed by atoms with Crippen LogP contribution < -0.4 is 10.1 Å². The quantitative estimate of drug-likeness (QED) is 0.702. The Bertz CT molecular complexity index is 348. The molecule has 0 fully saturated rings. The van der Waals surface area contributed by atoms with Crippen molar-refractivity contribution in [1.82, 2.24) is 10.3 Å². The number of ether oxygens (including phenoxy) is 2. The van der Waals surface area contributed by atoms with Gasteiger partial charge in [0.1, 0.15) is 6.61 Å². The third-order valence-electron chi connectivity index (χ3n) is 2.36. The normalized spacial score (nSPS) is 10.6. The van der Waals surface area contributed by atoms with Crippen LogP contribution in [0.4, 0.5) is 0 Å². The van der Waals surface area contributed by atoms with Crippen LogP contribution in [0, 0.1) is 0 Å². The molecular formula is C13H21ClN2O2. The molecule has 0 aliphatic carbocycles. The van der Waals surface area contributed by atoms with Gasteiger partial charge in [0.2, 0.25) is 5.88 Å². The van der Waals surface area contributed by atoms with Crippen LogP contribution in [-0.4, -0.2) is 31.9 Å². The maximum Gasteiger partial charge on any atom is 0.213 e. The molecule has 0 aliphatic rings. The molecule has 0 bridgehead atoms. The van der Waals surface area contributed by atoms with Gasteiger partial charge in [-0.15, -0.1) is 0 Å². The summed E-state index contributed by atoms with van der Waals surface area (Å²) in [6.45, 7) is 4.66. The molecule has 1 aromatic rings.